The fraction of sp³-hybridized carbons (Fsp3) is 0.385. The van der Waals surface area contributed by atoms with Gasteiger partial charge in [0.2, 0.25) is 10.0 Å². The summed E-state index contributed by atoms with van der Waals surface area (Å²) in [7, 11) is -3.72. The van der Waals surface area contributed by atoms with Crippen LogP contribution in [-0.4, -0.2) is 46.4 Å². The molecule has 3 heterocycles. The second-order valence-electron chi connectivity index (χ2n) is 5.06. The molecule has 0 saturated carbocycles. The lowest BCUT2D eigenvalue weighted by atomic mass is 10.2. The SMILES string of the molecule is O=C(O)CC1CCCN1S(=O)(=O)c1c[nH]c2ncccc12. The molecule has 2 N–H and O–H groups in total. The third kappa shape index (κ3) is 2.40. The lowest BCUT2D eigenvalue weighted by molar-refractivity contribution is -0.137. The number of hydrogen-bond acceptors (Lipinski definition) is 4. The van der Waals surface area contributed by atoms with Crippen molar-refractivity contribution in [3.8, 4) is 0 Å². The summed E-state index contributed by atoms with van der Waals surface area (Å²) in [5, 5.41) is 9.45. The fourth-order valence-corrected chi connectivity index (χ4v) is 4.65. The van der Waals surface area contributed by atoms with Crippen LogP contribution in [0.15, 0.2) is 29.4 Å². The van der Waals surface area contributed by atoms with Crippen molar-refractivity contribution < 1.29 is 18.3 Å². The predicted octanol–water partition coefficient (Wildman–Crippen LogP) is 1.19. The number of hydrogen-bond donors (Lipinski definition) is 2. The van der Waals surface area contributed by atoms with Crippen LogP contribution in [0.3, 0.4) is 0 Å². The Labute approximate surface area is 121 Å². The Balaban J connectivity index is 2.02. The second-order valence-corrected chi connectivity index (χ2v) is 6.92. The molecule has 1 atom stereocenters. The van der Waals surface area contributed by atoms with Gasteiger partial charge in [-0.25, -0.2) is 13.4 Å². The van der Waals surface area contributed by atoms with Crippen molar-refractivity contribution >= 4 is 27.0 Å². The van der Waals surface area contributed by atoms with E-state index in [0.29, 0.717) is 30.4 Å². The number of nitrogens with one attached hydrogen (secondary N) is 1. The predicted molar refractivity (Wildman–Crippen MR) is 75.3 cm³/mol. The lowest BCUT2D eigenvalue weighted by Gasteiger charge is -2.22. The Morgan fingerprint density at radius 2 is 2.33 bits per heavy atom. The maximum atomic E-state index is 12.8. The Bertz CT molecular complexity index is 784. The smallest absolute Gasteiger partial charge is 0.304 e. The van der Waals surface area contributed by atoms with E-state index in [1.54, 1.807) is 18.3 Å². The molecule has 0 spiro atoms. The van der Waals surface area contributed by atoms with Gasteiger partial charge in [0.15, 0.2) is 0 Å². The number of carbonyl (C=O) groups is 1. The van der Waals surface area contributed by atoms with E-state index < -0.39 is 22.0 Å². The number of aromatic nitrogens is 2. The number of carboxylic acids is 1. The normalized spacial score (nSPS) is 20.1. The second kappa shape index (κ2) is 5.12. The Morgan fingerprint density at radius 1 is 1.52 bits per heavy atom. The van der Waals surface area contributed by atoms with Crippen LogP contribution in [0, 0.1) is 0 Å². The van der Waals surface area contributed by atoms with E-state index in [0.717, 1.165) is 0 Å². The number of aliphatic carboxylic acids is 1. The number of fused-ring (bicyclic) bond motifs is 1. The topological polar surface area (TPSA) is 103 Å². The molecule has 1 saturated heterocycles. The van der Waals surface area contributed by atoms with Gasteiger partial charge >= 0.3 is 5.97 Å². The van der Waals surface area contributed by atoms with Crippen LogP contribution in [0.2, 0.25) is 0 Å². The number of H-pyrrole nitrogens is 1. The Kier molecular flexibility index (Phi) is 3.42. The molecule has 0 aliphatic carbocycles. The number of carboxylic acid groups (broad SMARTS) is 1. The summed E-state index contributed by atoms with van der Waals surface area (Å²) in [5.74, 6) is -0.984. The van der Waals surface area contributed by atoms with Crippen molar-refractivity contribution in [1.82, 2.24) is 14.3 Å². The summed E-state index contributed by atoms with van der Waals surface area (Å²) in [5.41, 5.74) is 0.505. The van der Waals surface area contributed by atoms with Crippen LogP contribution in [0.1, 0.15) is 19.3 Å². The fourth-order valence-electron chi connectivity index (χ4n) is 2.80. The minimum atomic E-state index is -3.72. The average Bonchev–Trinajstić information content (AvgIpc) is 3.04. The van der Waals surface area contributed by atoms with Gasteiger partial charge in [-0.3, -0.25) is 4.79 Å². The first kappa shape index (κ1) is 14.0. The van der Waals surface area contributed by atoms with E-state index in [-0.39, 0.29) is 11.3 Å². The molecule has 0 amide bonds. The maximum Gasteiger partial charge on any atom is 0.304 e. The third-order valence-corrected chi connectivity index (χ3v) is 5.72. The standard InChI is InChI=1S/C13H15N3O4S/c17-12(18)7-9-3-2-6-16(9)21(19,20)11-8-15-13-10(11)4-1-5-14-13/h1,4-5,8-9H,2-3,6-7H2,(H,14,15)(H,17,18). The number of nitrogens with zero attached hydrogens (tertiary/aromatic N) is 2. The zero-order valence-electron chi connectivity index (χ0n) is 11.2. The number of pyridine rings is 1. The van der Waals surface area contributed by atoms with Crippen LogP contribution < -0.4 is 0 Å². The van der Waals surface area contributed by atoms with Gasteiger partial charge in [0.05, 0.1) is 6.42 Å². The maximum absolute atomic E-state index is 12.8. The molecule has 0 aromatic carbocycles. The molecule has 2 aromatic heterocycles. The minimum absolute atomic E-state index is 0.155. The summed E-state index contributed by atoms with van der Waals surface area (Å²) < 4.78 is 26.9. The monoisotopic (exact) mass is 309 g/mol. The molecule has 1 unspecified atom stereocenters. The van der Waals surface area contributed by atoms with Gasteiger partial charge in [-0.15, -0.1) is 0 Å². The highest BCUT2D eigenvalue weighted by Gasteiger charge is 2.37. The molecule has 1 aliphatic heterocycles. The van der Waals surface area contributed by atoms with Gasteiger partial charge < -0.3 is 10.1 Å². The highest BCUT2D eigenvalue weighted by molar-refractivity contribution is 7.89. The van der Waals surface area contributed by atoms with Gasteiger partial charge in [-0.05, 0) is 25.0 Å². The summed E-state index contributed by atoms with van der Waals surface area (Å²) in [6.07, 6.45) is 4.09. The Morgan fingerprint density at radius 3 is 3.10 bits per heavy atom. The van der Waals surface area contributed by atoms with Crippen molar-refractivity contribution in [3.05, 3.63) is 24.5 Å². The Hall–Kier alpha value is -1.93. The number of sulfonamides is 1. The van der Waals surface area contributed by atoms with Gasteiger partial charge in [-0.2, -0.15) is 4.31 Å². The van der Waals surface area contributed by atoms with E-state index in [1.165, 1.54) is 10.5 Å². The van der Waals surface area contributed by atoms with Crippen molar-refractivity contribution in [2.75, 3.05) is 6.54 Å². The van der Waals surface area contributed by atoms with E-state index >= 15 is 0 Å². The first-order valence-corrected chi connectivity index (χ1v) is 8.10. The number of rotatable bonds is 4. The van der Waals surface area contributed by atoms with E-state index in [1.807, 2.05) is 0 Å². The van der Waals surface area contributed by atoms with Crippen LogP contribution in [0.4, 0.5) is 0 Å². The highest BCUT2D eigenvalue weighted by atomic mass is 32.2. The zero-order valence-corrected chi connectivity index (χ0v) is 12.0. The van der Waals surface area contributed by atoms with Gasteiger partial charge in [0.25, 0.3) is 0 Å². The summed E-state index contributed by atoms with van der Waals surface area (Å²) in [6, 6.07) is 2.89. The highest BCUT2D eigenvalue weighted by Crippen LogP contribution is 2.31. The van der Waals surface area contributed by atoms with Crippen molar-refractivity contribution in [2.45, 2.75) is 30.2 Å². The molecule has 1 fully saturated rings. The van der Waals surface area contributed by atoms with E-state index in [9.17, 15) is 13.2 Å². The first-order chi connectivity index (χ1) is 10.00. The van der Waals surface area contributed by atoms with Crippen LogP contribution in [0.25, 0.3) is 11.0 Å². The van der Waals surface area contributed by atoms with Crippen molar-refractivity contribution in [3.63, 3.8) is 0 Å². The molecule has 1 aliphatic rings. The van der Waals surface area contributed by atoms with Crippen LogP contribution in [-0.2, 0) is 14.8 Å². The summed E-state index contributed by atoms with van der Waals surface area (Å²) in [4.78, 5) is 18.0. The molecule has 8 heteroatoms. The molecule has 0 radical (unpaired) electrons. The molecule has 2 aromatic rings. The zero-order chi connectivity index (χ0) is 15.0. The summed E-state index contributed by atoms with van der Waals surface area (Å²) >= 11 is 0. The van der Waals surface area contributed by atoms with E-state index in [2.05, 4.69) is 9.97 Å². The molecule has 112 valence electrons. The molecular weight excluding hydrogens is 294 g/mol. The minimum Gasteiger partial charge on any atom is -0.481 e. The van der Waals surface area contributed by atoms with Gasteiger partial charge in [-0.1, -0.05) is 0 Å². The average molecular weight is 309 g/mol. The van der Waals surface area contributed by atoms with Crippen molar-refractivity contribution in [1.29, 1.82) is 0 Å². The largest absolute Gasteiger partial charge is 0.481 e. The van der Waals surface area contributed by atoms with E-state index in [4.69, 9.17) is 5.11 Å². The third-order valence-electron chi connectivity index (χ3n) is 3.73. The van der Waals surface area contributed by atoms with Crippen LogP contribution in [0.5, 0.6) is 0 Å². The van der Waals surface area contributed by atoms with Crippen LogP contribution >= 0.6 is 0 Å². The molecule has 7 nitrogen and oxygen atoms in total. The first-order valence-electron chi connectivity index (χ1n) is 6.66. The van der Waals surface area contributed by atoms with Gasteiger partial charge in [0.1, 0.15) is 10.5 Å². The van der Waals surface area contributed by atoms with Crippen molar-refractivity contribution in [2.24, 2.45) is 0 Å². The molecule has 21 heavy (non-hydrogen) atoms. The molecule has 0 bridgehead atoms. The number of aromatic amines is 1. The quantitative estimate of drug-likeness (QED) is 0.883. The molecular formula is C13H15N3O4S. The lowest BCUT2D eigenvalue weighted by Crippen LogP contribution is -2.36. The van der Waals surface area contributed by atoms with Gasteiger partial charge in [0, 0.05) is 30.4 Å². The summed E-state index contributed by atoms with van der Waals surface area (Å²) in [6.45, 7) is 0.354. The molecule has 3 rings (SSSR count).